The quantitative estimate of drug-likeness (QED) is 0.354. The van der Waals surface area contributed by atoms with Gasteiger partial charge in [0.15, 0.2) is 16.1 Å². The van der Waals surface area contributed by atoms with E-state index in [0.717, 1.165) is 0 Å². The predicted octanol–water partition coefficient (Wildman–Crippen LogP) is 3.89. The number of nitrogens with one attached hydrogen (secondary N) is 2. The van der Waals surface area contributed by atoms with Crippen molar-refractivity contribution in [2.45, 2.75) is 18.2 Å². The first-order valence-electron chi connectivity index (χ1n) is 8.56. The molecule has 2 amide bonds. The minimum absolute atomic E-state index is 0.129. The maximum Gasteiger partial charge on any atom is 0.253 e. The van der Waals surface area contributed by atoms with E-state index in [1.807, 2.05) is 0 Å². The highest BCUT2D eigenvalue weighted by atomic mass is 35.5. The molecule has 0 aliphatic heterocycles. The third-order valence-corrected chi connectivity index (χ3v) is 5.90. The summed E-state index contributed by atoms with van der Waals surface area (Å²) in [5.41, 5.74) is 0.310. The SMILES string of the molecule is C=CCn1c(CNC(=O)c2ccc(Cl)cc2Cl)nnc1SCC(=O)Nc1nccs1. The van der Waals surface area contributed by atoms with Gasteiger partial charge in [-0.25, -0.2) is 4.98 Å². The fourth-order valence-corrected chi connectivity index (χ4v) is 4.17. The Labute approximate surface area is 190 Å². The van der Waals surface area contributed by atoms with Gasteiger partial charge in [0.1, 0.15) is 0 Å². The van der Waals surface area contributed by atoms with E-state index in [-0.39, 0.29) is 29.1 Å². The number of hydrogen-bond donors (Lipinski definition) is 2. The number of hydrogen-bond acceptors (Lipinski definition) is 7. The Balaban J connectivity index is 1.62. The minimum Gasteiger partial charge on any atom is -0.345 e. The Morgan fingerprint density at radius 1 is 1.30 bits per heavy atom. The molecule has 0 fully saturated rings. The van der Waals surface area contributed by atoms with E-state index in [4.69, 9.17) is 23.2 Å². The summed E-state index contributed by atoms with van der Waals surface area (Å²) in [4.78, 5) is 28.5. The zero-order valence-corrected chi connectivity index (χ0v) is 18.6. The average molecular weight is 483 g/mol. The van der Waals surface area contributed by atoms with E-state index in [1.165, 1.54) is 29.2 Å². The molecule has 0 spiro atoms. The van der Waals surface area contributed by atoms with Crippen molar-refractivity contribution in [2.75, 3.05) is 11.1 Å². The zero-order valence-electron chi connectivity index (χ0n) is 15.5. The number of aromatic nitrogens is 4. The predicted molar refractivity (Wildman–Crippen MR) is 119 cm³/mol. The van der Waals surface area contributed by atoms with Gasteiger partial charge in [-0.1, -0.05) is 41.0 Å². The molecule has 2 heterocycles. The third-order valence-electron chi connectivity index (χ3n) is 3.70. The largest absolute Gasteiger partial charge is 0.345 e. The Kier molecular flexibility index (Phi) is 7.86. The lowest BCUT2D eigenvalue weighted by Gasteiger charge is -2.09. The van der Waals surface area contributed by atoms with Crippen LogP contribution < -0.4 is 10.6 Å². The molecule has 3 aromatic rings. The number of rotatable bonds is 9. The van der Waals surface area contributed by atoms with E-state index >= 15 is 0 Å². The topological polar surface area (TPSA) is 102 Å². The lowest BCUT2D eigenvalue weighted by Crippen LogP contribution is -2.25. The molecule has 1 aromatic carbocycles. The van der Waals surface area contributed by atoms with Crippen LogP contribution in [0.5, 0.6) is 0 Å². The van der Waals surface area contributed by atoms with Crippen LogP contribution in [0.4, 0.5) is 5.13 Å². The third kappa shape index (κ3) is 5.82. The van der Waals surface area contributed by atoms with Crippen LogP contribution in [0.3, 0.4) is 0 Å². The van der Waals surface area contributed by atoms with Crippen molar-refractivity contribution in [2.24, 2.45) is 0 Å². The Bertz CT molecular complexity index is 1060. The molecule has 2 N–H and O–H groups in total. The second-order valence-electron chi connectivity index (χ2n) is 5.78. The van der Waals surface area contributed by atoms with Crippen LogP contribution in [0, 0.1) is 0 Å². The maximum atomic E-state index is 12.4. The molecule has 0 bridgehead atoms. The van der Waals surface area contributed by atoms with Gasteiger partial charge in [-0.3, -0.25) is 9.59 Å². The molecule has 12 heteroatoms. The number of nitrogens with zero attached hydrogens (tertiary/aromatic N) is 4. The first kappa shape index (κ1) is 22.3. The second-order valence-corrected chi connectivity index (χ2v) is 8.46. The summed E-state index contributed by atoms with van der Waals surface area (Å²) in [6, 6.07) is 4.65. The van der Waals surface area contributed by atoms with Crippen molar-refractivity contribution in [3.63, 3.8) is 0 Å². The minimum atomic E-state index is -0.359. The molecule has 0 radical (unpaired) electrons. The highest BCUT2D eigenvalue weighted by molar-refractivity contribution is 7.99. The van der Waals surface area contributed by atoms with Gasteiger partial charge in [0.25, 0.3) is 5.91 Å². The Morgan fingerprint density at radius 3 is 2.83 bits per heavy atom. The number of amides is 2. The number of carbonyl (C=O) groups is 2. The van der Waals surface area contributed by atoms with E-state index in [0.29, 0.717) is 33.2 Å². The van der Waals surface area contributed by atoms with Gasteiger partial charge in [-0.15, -0.1) is 28.1 Å². The van der Waals surface area contributed by atoms with Gasteiger partial charge in [0.2, 0.25) is 5.91 Å². The first-order valence-corrected chi connectivity index (χ1v) is 11.2. The van der Waals surface area contributed by atoms with Crippen molar-refractivity contribution in [3.8, 4) is 0 Å². The van der Waals surface area contributed by atoms with Crippen molar-refractivity contribution < 1.29 is 9.59 Å². The van der Waals surface area contributed by atoms with Gasteiger partial charge in [-0.05, 0) is 18.2 Å². The molecule has 3 rings (SSSR count). The molecular weight excluding hydrogens is 467 g/mol. The number of benzene rings is 1. The summed E-state index contributed by atoms with van der Waals surface area (Å²) in [5.74, 6) is 0.107. The van der Waals surface area contributed by atoms with E-state index in [2.05, 4.69) is 32.4 Å². The average Bonchev–Trinajstić information content (AvgIpc) is 3.35. The summed E-state index contributed by atoms with van der Waals surface area (Å²) in [5, 5.41) is 17.3. The van der Waals surface area contributed by atoms with Gasteiger partial charge >= 0.3 is 0 Å². The monoisotopic (exact) mass is 482 g/mol. The van der Waals surface area contributed by atoms with Crippen molar-refractivity contribution in [3.05, 3.63) is 63.9 Å². The number of allylic oxidation sites excluding steroid dienone is 1. The van der Waals surface area contributed by atoms with Crippen LogP contribution >= 0.6 is 46.3 Å². The highest BCUT2D eigenvalue weighted by Crippen LogP contribution is 2.21. The van der Waals surface area contributed by atoms with Crippen LogP contribution in [0.1, 0.15) is 16.2 Å². The van der Waals surface area contributed by atoms with Crippen molar-refractivity contribution in [1.29, 1.82) is 0 Å². The van der Waals surface area contributed by atoms with E-state index in [9.17, 15) is 9.59 Å². The van der Waals surface area contributed by atoms with Crippen LogP contribution in [0.25, 0.3) is 0 Å². The number of carbonyl (C=O) groups excluding carboxylic acids is 2. The summed E-state index contributed by atoms with van der Waals surface area (Å²) in [7, 11) is 0. The molecule has 0 unspecified atom stereocenters. The second kappa shape index (κ2) is 10.6. The van der Waals surface area contributed by atoms with Crippen LogP contribution in [-0.4, -0.2) is 37.3 Å². The molecule has 30 heavy (non-hydrogen) atoms. The van der Waals surface area contributed by atoms with Crippen molar-refractivity contribution in [1.82, 2.24) is 25.1 Å². The summed E-state index contributed by atoms with van der Waals surface area (Å²) in [6.45, 7) is 4.29. The zero-order chi connectivity index (χ0) is 21.5. The standard InChI is InChI=1S/C18H16Cl2N6O2S2/c1-2-6-26-14(9-22-16(28)12-4-3-11(19)8-13(12)20)24-25-18(26)30-10-15(27)23-17-21-5-7-29-17/h2-5,7-8H,1,6,9-10H2,(H,22,28)(H,21,23,27). The lowest BCUT2D eigenvalue weighted by atomic mass is 10.2. The summed E-state index contributed by atoms with van der Waals surface area (Å²) >= 11 is 14.5. The van der Waals surface area contributed by atoms with Gasteiger partial charge in [-0.2, -0.15) is 0 Å². The fraction of sp³-hybridized carbons (Fsp3) is 0.167. The molecular formula is C18H16Cl2N6O2S2. The van der Waals surface area contributed by atoms with Crippen molar-refractivity contribution >= 4 is 63.2 Å². The molecule has 0 saturated carbocycles. The Hall–Kier alpha value is -2.40. The number of halogens is 2. The maximum absolute atomic E-state index is 12.4. The highest BCUT2D eigenvalue weighted by Gasteiger charge is 2.16. The van der Waals surface area contributed by atoms with Gasteiger partial charge < -0.3 is 15.2 Å². The molecule has 0 aliphatic carbocycles. The number of anilines is 1. The van der Waals surface area contributed by atoms with Crippen LogP contribution in [-0.2, 0) is 17.9 Å². The van der Waals surface area contributed by atoms with Gasteiger partial charge in [0.05, 0.1) is 22.9 Å². The number of thioether (sulfide) groups is 1. The molecule has 2 aromatic heterocycles. The molecule has 8 nitrogen and oxygen atoms in total. The normalized spacial score (nSPS) is 10.6. The molecule has 0 saturated heterocycles. The van der Waals surface area contributed by atoms with Crippen LogP contribution in [0.2, 0.25) is 10.0 Å². The molecule has 0 atom stereocenters. The smallest absolute Gasteiger partial charge is 0.253 e. The summed E-state index contributed by atoms with van der Waals surface area (Å²) in [6.07, 6.45) is 3.30. The number of thiazole rings is 1. The Morgan fingerprint density at radius 2 is 2.13 bits per heavy atom. The lowest BCUT2D eigenvalue weighted by molar-refractivity contribution is -0.113. The fourth-order valence-electron chi connectivity index (χ4n) is 2.37. The van der Waals surface area contributed by atoms with E-state index < -0.39 is 0 Å². The van der Waals surface area contributed by atoms with Gasteiger partial charge in [0, 0.05) is 23.1 Å². The molecule has 0 aliphatic rings. The summed E-state index contributed by atoms with van der Waals surface area (Å²) < 4.78 is 1.78. The molecule has 156 valence electrons. The van der Waals surface area contributed by atoms with Crippen LogP contribution in [0.15, 0.2) is 47.6 Å². The van der Waals surface area contributed by atoms with E-state index in [1.54, 1.807) is 34.4 Å². The first-order chi connectivity index (χ1) is 14.5.